The Labute approximate surface area is 84.0 Å². The van der Waals surface area contributed by atoms with Crippen molar-refractivity contribution in [1.82, 2.24) is 5.32 Å². The van der Waals surface area contributed by atoms with Gasteiger partial charge in [-0.1, -0.05) is 0 Å². The van der Waals surface area contributed by atoms with Crippen molar-refractivity contribution >= 4 is 23.7 Å². The van der Waals surface area contributed by atoms with Gasteiger partial charge in [0, 0.05) is 4.88 Å². The SMILES string of the molecule is O=Cc1ccc(C(CO)NC(=O)O)s1. The predicted molar refractivity (Wildman–Crippen MR) is 50.7 cm³/mol. The Balaban J connectivity index is 2.77. The number of carbonyl (C=O) groups excluding carboxylic acids is 1. The number of hydrogen-bond donors (Lipinski definition) is 3. The van der Waals surface area contributed by atoms with Crippen molar-refractivity contribution in [3.8, 4) is 0 Å². The quantitative estimate of drug-likeness (QED) is 0.650. The van der Waals surface area contributed by atoms with Crippen LogP contribution in [0.4, 0.5) is 4.79 Å². The zero-order valence-electron chi connectivity index (χ0n) is 7.14. The third-order valence-corrected chi connectivity index (χ3v) is 2.71. The van der Waals surface area contributed by atoms with Gasteiger partial charge in [-0.25, -0.2) is 4.79 Å². The van der Waals surface area contributed by atoms with E-state index >= 15 is 0 Å². The first-order chi connectivity index (χ1) is 6.67. The average Bonchev–Trinajstić information content (AvgIpc) is 2.62. The minimum Gasteiger partial charge on any atom is -0.465 e. The minimum atomic E-state index is -1.20. The highest BCUT2D eigenvalue weighted by Gasteiger charge is 2.14. The van der Waals surface area contributed by atoms with E-state index < -0.39 is 12.1 Å². The molecule has 76 valence electrons. The zero-order valence-corrected chi connectivity index (χ0v) is 7.95. The molecule has 0 aromatic carbocycles. The molecule has 1 atom stereocenters. The summed E-state index contributed by atoms with van der Waals surface area (Å²) >= 11 is 1.15. The third-order valence-electron chi connectivity index (χ3n) is 1.59. The van der Waals surface area contributed by atoms with Crippen molar-refractivity contribution in [3.05, 3.63) is 21.9 Å². The molecule has 1 aromatic heterocycles. The molecule has 1 unspecified atom stereocenters. The molecule has 0 radical (unpaired) electrons. The summed E-state index contributed by atoms with van der Waals surface area (Å²) in [6.45, 7) is -0.328. The van der Waals surface area contributed by atoms with E-state index in [0.717, 1.165) is 11.3 Å². The fourth-order valence-corrected chi connectivity index (χ4v) is 1.84. The van der Waals surface area contributed by atoms with Gasteiger partial charge in [-0.3, -0.25) is 4.79 Å². The van der Waals surface area contributed by atoms with E-state index in [1.54, 1.807) is 12.1 Å². The van der Waals surface area contributed by atoms with Crippen molar-refractivity contribution in [2.45, 2.75) is 6.04 Å². The Bertz CT molecular complexity index is 336. The van der Waals surface area contributed by atoms with Gasteiger partial charge >= 0.3 is 6.09 Å². The van der Waals surface area contributed by atoms with Crippen molar-refractivity contribution < 1.29 is 19.8 Å². The minimum absolute atomic E-state index is 0.328. The fourth-order valence-electron chi connectivity index (χ4n) is 0.975. The lowest BCUT2D eigenvalue weighted by Gasteiger charge is -2.11. The van der Waals surface area contributed by atoms with E-state index in [9.17, 15) is 9.59 Å². The Morgan fingerprint density at radius 1 is 1.64 bits per heavy atom. The van der Waals surface area contributed by atoms with Crippen LogP contribution in [-0.4, -0.2) is 29.2 Å². The molecule has 5 nitrogen and oxygen atoms in total. The second kappa shape index (κ2) is 4.73. The number of thiophene rings is 1. The molecular weight excluding hydrogens is 206 g/mol. The molecule has 0 spiro atoms. The van der Waals surface area contributed by atoms with Crippen LogP contribution >= 0.6 is 11.3 Å². The Hall–Kier alpha value is -1.40. The molecule has 0 aliphatic heterocycles. The summed E-state index contributed by atoms with van der Waals surface area (Å²) in [6, 6.07) is 2.54. The van der Waals surface area contributed by atoms with Crippen molar-refractivity contribution in [2.24, 2.45) is 0 Å². The highest BCUT2D eigenvalue weighted by Crippen LogP contribution is 2.21. The van der Waals surface area contributed by atoms with E-state index in [4.69, 9.17) is 10.2 Å². The average molecular weight is 215 g/mol. The smallest absolute Gasteiger partial charge is 0.405 e. The second-order valence-electron chi connectivity index (χ2n) is 2.54. The topological polar surface area (TPSA) is 86.6 Å². The predicted octanol–water partition coefficient (Wildman–Crippen LogP) is 0.862. The first-order valence-corrected chi connectivity index (χ1v) is 4.64. The molecule has 0 fully saturated rings. The summed E-state index contributed by atoms with van der Waals surface area (Å²) in [7, 11) is 0. The molecular formula is C8H9NO4S. The number of nitrogens with one attached hydrogen (secondary N) is 1. The number of rotatable bonds is 4. The molecule has 0 aliphatic rings. The van der Waals surface area contributed by atoms with Crippen molar-refractivity contribution in [2.75, 3.05) is 6.61 Å². The van der Waals surface area contributed by atoms with Gasteiger partial charge in [-0.2, -0.15) is 0 Å². The lowest BCUT2D eigenvalue weighted by Crippen LogP contribution is -2.28. The summed E-state index contributed by atoms with van der Waals surface area (Å²) < 4.78 is 0. The van der Waals surface area contributed by atoms with Crippen LogP contribution in [0.1, 0.15) is 20.6 Å². The van der Waals surface area contributed by atoms with Crippen LogP contribution < -0.4 is 5.32 Å². The zero-order chi connectivity index (χ0) is 10.6. The van der Waals surface area contributed by atoms with Crippen LogP contribution in [0.5, 0.6) is 0 Å². The van der Waals surface area contributed by atoms with Gasteiger partial charge in [0.2, 0.25) is 0 Å². The number of aldehydes is 1. The Morgan fingerprint density at radius 3 is 2.79 bits per heavy atom. The normalized spacial score (nSPS) is 12.1. The molecule has 1 amide bonds. The van der Waals surface area contributed by atoms with E-state index in [-0.39, 0.29) is 6.61 Å². The number of aliphatic hydroxyl groups is 1. The maximum atomic E-state index is 10.4. The maximum absolute atomic E-state index is 10.4. The fraction of sp³-hybridized carbons (Fsp3) is 0.250. The Kier molecular flexibility index (Phi) is 3.61. The van der Waals surface area contributed by atoms with Gasteiger partial charge in [0.25, 0.3) is 0 Å². The maximum Gasteiger partial charge on any atom is 0.405 e. The van der Waals surface area contributed by atoms with Gasteiger partial charge in [0.15, 0.2) is 6.29 Å². The van der Waals surface area contributed by atoms with Gasteiger partial charge in [0.1, 0.15) is 0 Å². The van der Waals surface area contributed by atoms with Crippen LogP contribution in [0.2, 0.25) is 0 Å². The molecule has 3 N–H and O–H groups in total. The summed E-state index contributed by atoms with van der Waals surface area (Å²) in [4.78, 5) is 21.8. The molecule has 1 rings (SSSR count). The van der Waals surface area contributed by atoms with Crippen molar-refractivity contribution in [1.29, 1.82) is 0 Å². The molecule has 1 heterocycles. The summed E-state index contributed by atoms with van der Waals surface area (Å²) in [6.07, 6.45) is -0.520. The van der Waals surface area contributed by atoms with Crippen LogP contribution in [0.25, 0.3) is 0 Å². The van der Waals surface area contributed by atoms with E-state index in [0.29, 0.717) is 16.0 Å². The molecule has 0 aliphatic carbocycles. The standard InChI is InChI=1S/C8H9NO4S/c10-3-5-1-2-7(14-5)6(4-11)9-8(12)13/h1-3,6,9,11H,4H2,(H,12,13). The van der Waals surface area contributed by atoms with Crippen LogP contribution in [0.15, 0.2) is 12.1 Å². The number of hydrogen-bond acceptors (Lipinski definition) is 4. The van der Waals surface area contributed by atoms with Gasteiger partial charge in [0.05, 0.1) is 17.5 Å². The number of carboxylic acid groups (broad SMARTS) is 1. The van der Waals surface area contributed by atoms with Crippen LogP contribution in [0.3, 0.4) is 0 Å². The highest BCUT2D eigenvalue weighted by atomic mass is 32.1. The van der Waals surface area contributed by atoms with E-state index in [1.165, 1.54) is 0 Å². The highest BCUT2D eigenvalue weighted by molar-refractivity contribution is 7.13. The van der Waals surface area contributed by atoms with E-state index in [2.05, 4.69) is 5.32 Å². The summed E-state index contributed by atoms with van der Waals surface area (Å²) in [5.41, 5.74) is 0. The van der Waals surface area contributed by atoms with Crippen molar-refractivity contribution in [3.63, 3.8) is 0 Å². The third kappa shape index (κ3) is 2.54. The van der Waals surface area contributed by atoms with Gasteiger partial charge in [-0.05, 0) is 12.1 Å². The van der Waals surface area contributed by atoms with E-state index in [1.807, 2.05) is 0 Å². The van der Waals surface area contributed by atoms with Crippen LogP contribution in [0, 0.1) is 0 Å². The largest absolute Gasteiger partial charge is 0.465 e. The monoisotopic (exact) mass is 215 g/mol. The lowest BCUT2D eigenvalue weighted by atomic mass is 10.2. The lowest BCUT2D eigenvalue weighted by molar-refractivity contribution is 0.112. The number of aliphatic hydroxyl groups excluding tert-OH is 1. The molecule has 1 aromatic rings. The first kappa shape index (κ1) is 10.7. The molecule has 0 bridgehead atoms. The first-order valence-electron chi connectivity index (χ1n) is 3.82. The Morgan fingerprint density at radius 2 is 2.36 bits per heavy atom. The number of carbonyl (C=O) groups is 2. The van der Waals surface area contributed by atoms with Crippen LogP contribution in [-0.2, 0) is 0 Å². The van der Waals surface area contributed by atoms with Gasteiger partial charge in [-0.15, -0.1) is 11.3 Å². The molecule has 0 saturated carbocycles. The summed E-state index contributed by atoms with van der Waals surface area (Å²) in [5.74, 6) is 0. The second-order valence-corrected chi connectivity index (χ2v) is 3.69. The number of amides is 1. The molecule has 6 heteroatoms. The molecule has 14 heavy (non-hydrogen) atoms. The summed E-state index contributed by atoms with van der Waals surface area (Å²) in [5, 5.41) is 19.5. The van der Waals surface area contributed by atoms with Gasteiger partial charge < -0.3 is 15.5 Å². The molecule has 0 saturated heterocycles.